The number of carbonyl (C=O) groups is 3. The number of nitrogens with zero attached hydrogens (tertiary/aromatic N) is 2. The maximum absolute atomic E-state index is 13.4. The quantitative estimate of drug-likeness (QED) is 0.579. The monoisotopic (exact) mass is 439 g/mol. The van der Waals surface area contributed by atoms with Crippen molar-refractivity contribution in [3.8, 4) is 0 Å². The van der Waals surface area contributed by atoms with Gasteiger partial charge in [-0.25, -0.2) is 4.90 Å². The Kier molecular flexibility index (Phi) is 5.42. The van der Waals surface area contributed by atoms with Gasteiger partial charge in [-0.3, -0.25) is 14.4 Å². The minimum Gasteiger partial charge on any atom is -0.371 e. The van der Waals surface area contributed by atoms with Gasteiger partial charge in [0.05, 0.1) is 22.4 Å². The van der Waals surface area contributed by atoms with Crippen molar-refractivity contribution >= 4 is 34.8 Å². The second kappa shape index (κ2) is 8.54. The lowest BCUT2D eigenvalue weighted by Gasteiger charge is -2.31. The van der Waals surface area contributed by atoms with Gasteiger partial charge in [0.25, 0.3) is 17.7 Å². The predicted octanol–water partition coefficient (Wildman–Crippen LogP) is 5.04. The van der Waals surface area contributed by atoms with Crippen molar-refractivity contribution in [2.75, 3.05) is 28.2 Å². The van der Waals surface area contributed by atoms with Gasteiger partial charge >= 0.3 is 0 Å². The Bertz CT molecular complexity index is 1210. The van der Waals surface area contributed by atoms with E-state index in [4.69, 9.17) is 0 Å². The number of piperidine rings is 1. The van der Waals surface area contributed by atoms with Gasteiger partial charge in [-0.2, -0.15) is 0 Å². The largest absolute Gasteiger partial charge is 0.371 e. The van der Waals surface area contributed by atoms with E-state index in [0.717, 1.165) is 42.1 Å². The van der Waals surface area contributed by atoms with Crippen LogP contribution in [0, 0.1) is 6.92 Å². The van der Waals surface area contributed by atoms with Crippen LogP contribution >= 0.6 is 0 Å². The molecule has 0 aliphatic carbocycles. The summed E-state index contributed by atoms with van der Waals surface area (Å²) >= 11 is 0. The molecule has 0 radical (unpaired) electrons. The lowest BCUT2D eigenvalue weighted by molar-refractivity contribution is 0.0924. The summed E-state index contributed by atoms with van der Waals surface area (Å²) in [4.78, 5) is 42.7. The Morgan fingerprint density at radius 3 is 2.09 bits per heavy atom. The van der Waals surface area contributed by atoms with Gasteiger partial charge in [0.15, 0.2) is 0 Å². The number of hydrogen-bond donors (Lipinski definition) is 1. The Morgan fingerprint density at radius 1 is 0.818 bits per heavy atom. The molecule has 166 valence electrons. The number of anilines is 3. The van der Waals surface area contributed by atoms with E-state index in [2.05, 4.69) is 10.2 Å². The normalized spacial score (nSPS) is 15.5. The third-order valence-electron chi connectivity index (χ3n) is 6.28. The van der Waals surface area contributed by atoms with Crippen molar-refractivity contribution in [1.29, 1.82) is 0 Å². The molecule has 1 fully saturated rings. The molecule has 0 unspecified atom stereocenters. The number of hydrogen-bond acceptors (Lipinski definition) is 4. The van der Waals surface area contributed by atoms with Crippen molar-refractivity contribution in [2.24, 2.45) is 0 Å². The van der Waals surface area contributed by atoms with Crippen molar-refractivity contribution in [3.05, 3.63) is 89.0 Å². The fourth-order valence-electron chi connectivity index (χ4n) is 4.51. The SMILES string of the molecule is Cc1ccc(NC(=O)c2cc(N3C(=O)c4ccccc4C3=O)ccc2N2CCCCC2)cc1. The molecule has 0 aromatic heterocycles. The molecule has 0 spiro atoms. The Hall–Kier alpha value is -3.93. The maximum Gasteiger partial charge on any atom is 0.266 e. The average Bonchev–Trinajstić information content (AvgIpc) is 3.11. The summed E-state index contributed by atoms with van der Waals surface area (Å²) in [7, 11) is 0. The van der Waals surface area contributed by atoms with Crippen LogP contribution in [0.15, 0.2) is 66.7 Å². The number of fused-ring (bicyclic) bond motifs is 1. The third kappa shape index (κ3) is 3.89. The zero-order valence-corrected chi connectivity index (χ0v) is 18.5. The Balaban J connectivity index is 1.53. The first-order chi connectivity index (χ1) is 16.0. The highest BCUT2D eigenvalue weighted by molar-refractivity contribution is 6.34. The molecule has 6 nitrogen and oxygen atoms in total. The third-order valence-corrected chi connectivity index (χ3v) is 6.28. The van der Waals surface area contributed by atoms with E-state index in [-0.39, 0.29) is 17.7 Å². The molecule has 3 aromatic carbocycles. The second-order valence-corrected chi connectivity index (χ2v) is 8.56. The zero-order valence-electron chi connectivity index (χ0n) is 18.5. The van der Waals surface area contributed by atoms with Crippen LogP contribution in [0.1, 0.15) is 55.9 Å². The first-order valence-electron chi connectivity index (χ1n) is 11.3. The molecular formula is C27H25N3O3. The fraction of sp³-hybridized carbons (Fsp3) is 0.222. The topological polar surface area (TPSA) is 69.7 Å². The standard InChI is InChI=1S/C27H25N3O3/c1-18-9-11-19(12-10-18)28-25(31)23-17-20(13-14-24(23)29-15-5-2-6-16-29)30-26(32)21-7-3-4-8-22(21)27(30)33/h3-4,7-14,17H,2,5-6,15-16H2,1H3,(H,28,31). The van der Waals surface area contributed by atoms with Crippen molar-refractivity contribution in [1.82, 2.24) is 0 Å². The molecule has 2 aliphatic heterocycles. The van der Waals surface area contributed by atoms with Crippen molar-refractivity contribution in [3.63, 3.8) is 0 Å². The molecule has 0 atom stereocenters. The van der Waals surface area contributed by atoms with Crippen LogP contribution in [-0.2, 0) is 0 Å². The lowest BCUT2D eigenvalue weighted by atomic mass is 10.0. The van der Waals surface area contributed by atoms with Crippen LogP contribution in [0.2, 0.25) is 0 Å². The Morgan fingerprint density at radius 2 is 1.45 bits per heavy atom. The molecule has 1 saturated heterocycles. The highest BCUT2D eigenvalue weighted by atomic mass is 16.2. The first-order valence-corrected chi connectivity index (χ1v) is 11.3. The van der Waals surface area contributed by atoms with E-state index in [1.807, 2.05) is 37.3 Å². The molecule has 3 aromatic rings. The summed E-state index contributed by atoms with van der Waals surface area (Å²) < 4.78 is 0. The summed E-state index contributed by atoms with van der Waals surface area (Å²) in [6.45, 7) is 3.74. The molecular weight excluding hydrogens is 414 g/mol. The Labute approximate surface area is 192 Å². The van der Waals surface area contributed by atoms with E-state index in [1.165, 1.54) is 6.42 Å². The molecule has 0 bridgehead atoms. The van der Waals surface area contributed by atoms with Gasteiger partial charge in [0, 0.05) is 24.5 Å². The molecule has 33 heavy (non-hydrogen) atoms. The van der Waals surface area contributed by atoms with Gasteiger partial charge in [-0.15, -0.1) is 0 Å². The van der Waals surface area contributed by atoms with Crippen molar-refractivity contribution in [2.45, 2.75) is 26.2 Å². The van der Waals surface area contributed by atoms with Crippen molar-refractivity contribution < 1.29 is 14.4 Å². The number of amides is 3. The second-order valence-electron chi connectivity index (χ2n) is 8.56. The van der Waals surface area contributed by atoms with Crippen LogP contribution < -0.4 is 15.1 Å². The van der Waals surface area contributed by atoms with E-state index in [1.54, 1.807) is 36.4 Å². The zero-order chi connectivity index (χ0) is 22.9. The molecule has 3 amide bonds. The van der Waals surface area contributed by atoms with Gasteiger partial charge < -0.3 is 10.2 Å². The highest BCUT2D eigenvalue weighted by Crippen LogP contribution is 2.33. The average molecular weight is 440 g/mol. The number of carbonyl (C=O) groups excluding carboxylic acids is 3. The van der Waals surface area contributed by atoms with Crippen LogP contribution in [0.4, 0.5) is 17.1 Å². The number of rotatable bonds is 4. The number of aryl methyl sites for hydroxylation is 1. The lowest BCUT2D eigenvalue weighted by Crippen LogP contribution is -2.33. The molecule has 5 rings (SSSR count). The molecule has 0 saturated carbocycles. The van der Waals surface area contributed by atoms with E-state index < -0.39 is 0 Å². The summed E-state index contributed by atoms with van der Waals surface area (Å²) in [5, 5.41) is 2.97. The number of nitrogens with one attached hydrogen (secondary N) is 1. The maximum atomic E-state index is 13.4. The van der Waals surface area contributed by atoms with E-state index in [9.17, 15) is 14.4 Å². The molecule has 2 heterocycles. The van der Waals surface area contributed by atoms with Gasteiger partial charge in [-0.05, 0) is 68.7 Å². The summed E-state index contributed by atoms with van der Waals surface area (Å²) in [6, 6.07) is 19.7. The summed E-state index contributed by atoms with van der Waals surface area (Å²) in [5.41, 5.74) is 4.24. The molecule has 6 heteroatoms. The van der Waals surface area contributed by atoms with Crippen LogP contribution in [0.3, 0.4) is 0 Å². The first kappa shape index (κ1) is 20.9. The highest BCUT2D eigenvalue weighted by Gasteiger charge is 2.37. The molecule has 2 aliphatic rings. The minimum absolute atomic E-state index is 0.266. The van der Waals surface area contributed by atoms with E-state index in [0.29, 0.717) is 28.1 Å². The van der Waals surface area contributed by atoms with E-state index >= 15 is 0 Å². The molecule has 1 N–H and O–H groups in total. The fourth-order valence-corrected chi connectivity index (χ4v) is 4.51. The van der Waals surface area contributed by atoms with Gasteiger partial charge in [0.2, 0.25) is 0 Å². The van der Waals surface area contributed by atoms with Crippen LogP contribution in [-0.4, -0.2) is 30.8 Å². The predicted molar refractivity (Wildman–Crippen MR) is 129 cm³/mol. The summed E-state index contributed by atoms with van der Waals surface area (Å²) in [6.07, 6.45) is 3.31. The van der Waals surface area contributed by atoms with Gasteiger partial charge in [0.1, 0.15) is 0 Å². The van der Waals surface area contributed by atoms with Gasteiger partial charge in [-0.1, -0.05) is 29.8 Å². The number of imide groups is 1. The van der Waals surface area contributed by atoms with Crippen LogP contribution in [0.25, 0.3) is 0 Å². The smallest absolute Gasteiger partial charge is 0.266 e. The minimum atomic E-state index is -0.369. The summed E-state index contributed by atoms with van der Waals surface area (Å²) in [5.74, 6) is -1.00. The van der Waals surface area contributed by atoms with Crippen LogP contribution in [0.5, 0.6) is 0 Å². The number of benzene rings is 3.